The molecule has 1 aliphatic heterocycles. The zero-order valence-electron chi connectivity index (χ0n) is 20.3. The molecule has 182 valence electrons. The monoisotopic (exact) mass is 463 g/mol. The highest BCUT2D eigenvalue weighted by atomic mass is 16.5. The standard InChI is InChI=1S/C26H37N7O/c1-34-17-5-12-31-13-15-32(16-14-31)20-21-8-10-23(11-9-21)29-26-27-18-22-19-28-33(25(22)30-26)24-6-3-2-4-7-24/h8-11,18-19,24H,2-7,12-17,20H2,1H3,(H,27,29,30). The summed E-state index contributed by atoms with van der Waals surface area (Å²) in [6, 6.07) is 9.13. The number of ether oxygens (including phenoxy) is 1. The van der Waals surface area contributed by atoms with Gasteiger partial charge in [0, 0.05) is 64.9 Å². The van der Waals surface area contributed by atoms with Crippen molar-refractivity contribution in [3.8, 4) is 0 Å². The predicted octanol–water partition coefficient (Wildman–Crippen LogP) is 4.23. The molecule has 8 heteroatoms. The van der Waals surface area contributed by atoms with E-state index in [0.29, 0.717) is 12.0 Å². The molecule has 8 nitrogen and oxygen atoms in total. The Bertz CT molecular complexity index is 1040. The summed E-state index contributed by atoms with van der Waals surface area (Å²) in [5.74, 6) is 0.627. The molecule has 1 aliphatic carbocycles. The number of benzene rings is 1. The fourth-order valence-electron chi connectivity index (χ4n) is 5.17. The lowest BCUT2D eigenvalue weighted by atomic mass is 9.96. The van der Waals surface area contributed by atoms with Gasteiger partial charge in [-0.25, -0.2) is 9.67 Å². The van der Waals surface area contributed by atoms with Gasteiger partial charge in [0.2, 0.25) is 5.95 Å². The molecule has 1 saturated carbocycles. The highest BCUT2D eigenvalue weighted by Crippen LogP contribution is 2.30. The molecule has 0 radical (unpaired) electrons. The van der Waals surface area contributed by atoms with Crippen molar-refractivity contribution in [2.24, 2.45) is 0 Å². The Hall–Kier alpha value is -2.55. The summed E-state index contributed by atoms with van der Waals surface area (Å²) >= 11 is 0. The number of anilines is 2. The van der Waals surface area contributed by atoms with Gasteiger partial charge in [-0.1, -0.05) is 31.4 Å². The second-order valence-electron chi connectivity index (χ2n) is 9.64. The van der Waals surface area contributed by atoms with E-state index in [1.165, 1.54) is 37.7 Å². The van der Waals surface area contributed by atoms with Gasteiger partial charge in [0.15, 0.2) is 5.65 Å². The summed E-state index contributed by atoms with van der Waals surface area (Å²) in [5.41, 5.74) is 3.28. The molecular formula is C26H37N7O. The van der Waals surface area contributed by atoms with E-state index in [0.717, 1.165) is 69.0 Å². The Morgan fingerprint density at radius 1 is 0.971 bits per heavy atom. The summed E-state index contributed by atoms with van der Waals surface area (Å²) < 4.78 is 7.28. The maximum atomic E-state index is 5.17. The van der Waals surface area contributed by atoms with E-state index in [1.807, 2.05) is 12.4 Å². The van der Waals surface area contributed by atoms with Crippen LogP contribution in [0.15, 0.2) is 36.7 Å². The highest BCUT2D eigenvalue weighted by Gasteiger charge is 2.19. The van der Waals surface area contributed by atoms with Gasteiger partial charge in [-0.05, 0) is 37.0 Å². The number of rotatable bonds is 9. The lowest BCUT2D eigenvalue weighted by Crippen LogP contribution is -2.46. The first-order chi connectivity index (χ1) is 16.8. The van der Waals surface area contributed by atoms with Crippen LogP contribution in [0.4, 0.5) is 11.6 Å². The van der Waals surface area contributed by atoms with Crippen molar-refractivity contribution < 1.29 is 4.74 Å². The van der Waals surface area contributed by atoms with Gasteiger partial charge in [0.05, 0.1) is 17.6 Å². The van der Waals surface area contributed by atoms with E-state index < -0.39 is 0 Å². The van der Waals surface area contributed by atoms with E-state index in [-0.39, 0.29) is 0 Å². The average molecular weight is 464 g/mol. The third-order valence-corrected chi connectivity index (χ3v) is 7.16. The number of nitrogens with one attached hydrogen (secondary N) is 1. The SMILES string of the molecule is COCCCN1CCN(Cc2ccc(Nc3ncc4cnn(C5CCCCC5)c4n3)cc2)CC1. The van der Waals surface area contributed by atoms with Crippen LogP contribution in [0.1, 0.15) is 50.1 Å². The second kappa shape index (κ2) is 11.3. The minimum absolute atomic E-state index is 0.459. The largest absolute Gasteiger partial charge is 0.385 e. The van der Waals surface area contributed by atoms with Crippen molar-refractivity contribution in [3.05, 3.63) is 42.2 Å². The predicted molar refractivity (Wildman–Crippen MR) is 135 cm³/mol. The van der Waals surface area contributed by atoms with Crippen LogP contribution in [-0.4, -0.2) is 76.0 Å². The molecule has 3 aromatic rings. The second-order valence-corrected chi connectivity index (χ2v) is 9.64. The van der Waals surface area contributed by atoms with E-state index in [2.05, 4.69) is 54.1 Å². The van der Waals surface area contributed by atoms with E-state index in [1.54, 1.807) is 7.11 Å². The maximum Gasteiger partial charge on any atom is 0.229 e. The molecule has 0 unspecified atom stereocenters. The van der Waals surface area contributed by atoms with Crippen molar-refractivity contribution in [1.82, 2.24) is 29.5 Å². The number of hydrogen-bond donors (Lipinski definition) is 1. The molecule has 5 rings (SSSR count). The van der Waals surface area contributed by atoms with Crippen LogP contribution in [0.2, 0.25) is 0 Å². The molecule has 0 atom stereocenters. The normalized spacial score (nSPS) is 18.5. The zero-order chi connectivity index (χ0) is 23.2. The summed E-state index contributed by atoms with van der Waals surface area (Å²) in [6.45, 7) is 7.50. The molecule has 1 N–H and O–H groups in total. The van der Waals surface area contributed by atoms with Crippen LogP contribution in [-0.2, 0) is 11.3 Å². The number of piperazine rings is 1. The topological polar surface area (TPSA) is 71.3 Å². The van der Waals surface area contributed by atoms with Crippen LogP contribution in [0.5, 0.6) is 0 Å². The minimum Gasteiger partial charge on any atom is -0.385 e. The number of methoxy groups -OCH3 is 1. The third kappa shape index (κ3) is 5.74. The van der Waals surface area contributed by atoms with Gasteiger partial charge in [-0.3, -0.25) is 4.90 Å². The maximum absolute atomic E-state index is 5.17. The fourth-order valence-corrected chi connectivity index (χ4v) is 5.17. The van der Waals surface area contributed by atoms with Crippen LogP contribution >= 0.6 is 0 Å². The number of aromatic nitrogens is 4. The lowest BCUT2D eigenvalue weighted by molar-refractivity contribution is 0.113. The van der Waals surface area contributed by atoms with E-state index in [9.17, 15) is 0 Å². The van der Waals surface area contributed by atoms with Crippen LogP contribution in [0.3, 0.4) is 0 Å². The van der Waals surface area contributed by atoms with Crippen molar-refractivity contribution in [3.63, 3.8) is 0 Å². The Balaban J connectivity index is 1.16. The van der Waals surface area contributed by atoms with Crippen molar-refractivity contribution in [1.29, 1.82) is 0 Å². The number of hydrogen-bond acceptors (Lipinski definition) is 7. The molecule has 2 fully saturated rings. The molecule has 0 bridgehead atoms. The molecule has 0 spiro atoms. The van der Waals surface area contributed by atoms with Crippen molar-refractivity contribution >= 4 is 22.7 Å². The smallest absolute Gasteiger partial charge is 0.229 e. The Labute approximate surface area is 202 Å². The molecule has 1 aromatic carbocycles. The van der Waals surface area contributed by atoms with Crippen molar-refractivity contribution in [2.45, 2.75) is 51.1 Å². The number of nitrogens with zero attached hydrogens (tertiary/aromatic N) is 6. The quantitative estimate of drug-likeness (QED) is 0.476. The Kier molecular flexibility index (Phi) is 7.68. The van der Waals surface area contributed by atoms with E-state index in [4.69, 9.17) is 9.72 Å². The third-order valence-electron chi connectivity index (χ3n) is 7.16. The first kappa shape index (κ1) is 23.2. The summed E-state index contributed by atoms with van der Waals surface area (Å²) in [6.07, 6.45) is 11.1. The first-order valence-electron chi connectivity index (χ1n) is 12.8. The number of fused-ring (bicyclic) bond motifs is 1. The minimum atomic E-state index is 0.459. The van der Waals surface area contributed by atoms with Crippen LogP contribution in [0, 0.1) is 0 Å². The summed E-state index contributed by atoms with van der Waals surface area (Å²) in [4.78, 5) is 14.4. The highest BCUT2D eigenvalue weighted by molar-refractivity contribution is 5.75. The van der Waals surface area contributed by atoms with Gasteiger partial charge in [-0.2, -0.15) is 10.1 Å². The fraction of sp³-hybridized carbons (Fsp3) is 0.577. The van der Waals surface area contributed by atoms with Gasteiger partial charge < -0.3 is 15.0 Å². The first-order valence-corrected chi connectivity index (χ1v) is 12.8. The Morgan fingerprint density at radius 3 is 2.50 bits per heavy atom. The van der Waals surface area contributed by atoms with Crippen LogP contribution < -0.4 is 5.32 Å². The van der Waals surface area contributed by atoms with Gasteiger partial charge in [0.25, 0.3) is 0 Å². The Morgan fingerprint density at radius 2 is 1.74 bits per heavy atom. The van der Waals surface area contributed by atoms with E-state index >= 15 is 0 Å². The molecule has 0 amide bonds. The molecular weight excluding hydrogens is 426 g/mol. The van der Waals surface area contributed by atoms with Crippen LogP contribution in [0.25, 0.3) is 11.0 Å². The van der Waals surface area contributed by atoms with Crippen molar-refractivity contribution in [2.75, 3.05) is 51.8 Å². The molecule has 34 heavy (non-hydrogen) atoms. The lowest BCUT2D eigenvalue weighted by Gasteiger charge is -2.34. The van der Waals surface area contributed by atoms with Gasteiger partial charge >= 0.3 is 0 Å². The zero-order valence-corrected chi connectivity index (χ0v) is 20.3. The molecule has 2 aromatic heterocycles. The molecule has 2 aliphatic rings. The average Bonchev–Trinajstić information content (AvgIpc) is 3.30. The summed E-state index contributed by atoms with van der Waals surface area (Å²) in [7, 11) is 1.78. The summed E-state index contributed by atoms with van der Waals surface area (Å²) in [5, 5.41) is 9.02. The molecule has 3 heterocycles. The van der Waals surface area contributed by atoms with Gasteiger partial charge in [-0.15, -0.1) is 0 Å². The molecule has 1 saturated heterocycles. The van der Waals surface area contributed by atoms with Gasteiger partial charge in [0.1, 0.15) is 0 Å².